The van der Waals surface area contributed by atoms with E-state index in [9.17, 15) is 28.7 Å². The number of amides is 4. The second-order valence-electron chi connectivity index (χ2n) is 9.58. The van der Waals surface area contributed by atoms with Crippen molar-refractivity contribution in [1.29, 1.82) is 0 Å². The Labute approximate surface area is 238 Å². The summed E-state index contributed by atoms with van der Waals surface area (Å²) >= 11 is 1.50. The van der Waals surface area contributed by atoms with Crippen molar-refractivity contribution in [1.82, 2.24) is 15.6 Å². The zero-order chi connectivity index (χ0) is 28.9. The lowest BCUT2D eigenvalue weighted by molar-refractivity contribution is -0.138. The van der Waals surface area contributed by atoms with Crippen molar-refractivity contribution in [3.05, 3.63) is 88.5 Å². The summed E-state index contributed by atoms with van der Waals surface area (Å²) in [5.74, 6) is -3.63. The number of hydrogen-bond acceptors (Lipinski definition) is 6. The molecule has 2 atom stereocenters. The van der Waals surface area contributed by atoms with Crippen molar-refractivity contribution in [3.63, 3.8) is 0 Å². The molecule has 0 spiro atoms. The van der Waals surface area contributed by atoms with Gasteiger partial charge in [-0.2, -0.15) is 0 Å². The smallest absolute Gasteiger partial charge is 0.319 e. The van der Waals surface area contributed by atoms with Crippen LogP contribution in [0.3, 0.4) is 0 Å². The molecule has 4 aromatic rings. The third-order valence-corrected chi connectivity index (χ3v) is 7.58. The second-order valence-corrected chi connectivity index (χ2v) is 10.6. The summed E-state index contributed by atoms with van der Waals surface area (Å²) in [5, 5.41) is 20.2. The van der Waals surface area contributed by atoms with Crippen LogP contribution in [-0.4, -0.2) is 40.5 Å². The SMILES string of the molecule is O=C(O)CC(NC(=O)C1CC(=O)N(c2cc(NC(=O)NCc3cccs3)ccc2F)C1)c1cnc2ccccc2c1. The quantitative estimate of drug-likeness (QED) is 0.233. The second kappa shape index (κ2) is 12.1. The summed E-state index contributed by atoms with van der Waals surface area (Å²) < 4.78 is 14.8. The van der Waals surface area contributed by atoms with E-state index in [0.29, 0.717) is 12.1 Å². The Balaban J connectivity index is 1.26. The first-order valence-electron chi connectivity index (χ1n) is 12.8. The van der Waals surface area contributed by atoms with Gasteiger partial charge in [-0.15, -0.1) is 11.3 Å². The minimum atomic E-state index is -1.11. The van der Waals surface area contributed by atoms with E-state index in [1.165, 1.54) is 29.7 Å². The van der Waals surface area contributed by atoms with E-state index in [4.69, 9.17) is 0 Å². The Kier molecular flexibility index (Phi) is 8.20. The number of carbonyl (C=O) groups is 4. The van der Waals surface area contributed by atoms with Gasteiger partial charge in [0.05, 0.1) is 36.1 Å². The fraction of sp³-hybridized carbons (Fsp3) is 0.207. The highest BCUT2D eigenvalue weighted by Crippen LogP contribution is 2.31. The van der Waals surface area contributed by atoms with Crippen molar-refractivity contribution in [3.8, 4) is 0 Å². The number of carboxylic acid groups (broad SMARTS) is 1. The molecule has 0 saturated carbocycles. The topological polar surface area (TPSA) is 141 Å². The van der Waals surface area contributed by atoms with E-state index >= 15 is 0 Å². The number of pyridine rings is 1. The number of nitrogens with zero attached hydrogens (tertiary/aromatic N) is 2. The van der Waals surface area contributed by atoms with Gasteiger partial charge in [0, 0.05) is 35.1 Å². The number of hydrogen-bond donors (Lipinski definition) is 4. The van der Waals surface area contributed by atoms with Crippen molar-refractivity contribution in [2.75, 3.05) is 16.8 Å². The Morgan fingerprint density at radius 1 is 1.12 bits per heavy atom. The zero-order valence-corrected chi connectivity index (χ0v) is 22.5. The molecule has 210 valence electrons. The fourth-order valence-electron chi connectivity index (χ4n) is 4.66. The number of aliphatic carboxylic acids is 1. The van der Waals surface area contributed by atoms with Crippen LogP contribution in [0.25, 0.3) is 10.9 Å². The van der Waals surface area contributed by atoms with Crippen molar-refractivity contribution in [2.24, 2.45) is 5.92 Å². The van der Waals surface area contributed by atoms with E-state index in [1.54, 1.807) is 6.07 Å². The van der Waals surface area contributed by atoms with Crippen LogP contribution in [0.2, 0.25) is 0 Å². The van der Waals surface area contributed by atoms with E-state index in [-0.39, 0.29) is 30.8 Å². The van der Waals surface area contributed by atoms with Crippen LogP contribution in [0.4, 0.5) is 20.6 Å². The number of para-hydroxylation sites is 1. The molecule has 10 nitrogen and oxygen atoms in total. The highest BCUT2D eigenvalue weighted by atomic mass is 32.1. The van der Waals surface area contributed by atoms with Crippen LogP contribution in [0, 0.1) is 11.7 Å². The molecule has 1 fully saturated rings. The Bertz CT molecular complexity index is 1610. The van der Waals surface area contributed by atoms with Gasteiger partial charge in [0.1, 0.15) is 5.82 Å². The number of anilines is 2. The highest BCUT2D eigenvalue weighted by molar-refractivity contribution is 7.09. The van der Waals surface area contributed by atoms with Gasteiger partial charge < -0.3 is 26.0 Å². The number of thiophene rings is 1. The summed E-state index contributed by atoms with van der Waals surface area (Å²) in [6.45, 7) is 0.225. The lowest BCUT2D eigenvalue weighted by atomic mass is 10.0. The first kappa shape index (κ1) is 27.7. The first-order valence-corrected chi connectivity index (χ1v) is 13.7. The van der Waals surface area contributed by atoms with Crippen molar-refractivity contribution < 1.29 is 28.7 Å². The number of urea groups is 1. The van der Waals surface area contributed by atoms with Gasteiger partial charge in [-0.3, -0.25) is 19.4 Å². The molecule has 12 heteroatoms. The maximum atomic E-state index is 14.8. The molecule has 0 radical (unpaired) electrons. The summed E-state index contributed by atoms with van der Waals surface area (Å²) in [4.78, 5) is 56.4. The largest absolute Gasteiger partial charge is 0.481 e. The number of halogens is 1. The number of carboxylic acids is 1. The van der Waals surface area contributed by atoms with Crippen LogP contribution in [0.1, 0.15) is 29.3 Å². The summed E-state index contributed by atoms with van der Waals surface area (Å²) in [6.07, 6.45) is 0.958. The van der Waals surface area contributed by atoms with Crippen LogP contribution in [-0.2, 0) is 20.9 Å². The lowest BCUT2D eigenvalue weighted by Crippen LogP contribution is -2.36. The minimum absolute atomic E-state index is 0.0674. The summed E-state index contributed by atoms with van der Waals surface area (Å²) in [7, 11) is 0. The number of rotatable bonds is 9. The molecule has 2 aromatic heterocycles. The number of carbonyl (C=O) groups excluding carboxylic acids is 3. The first-order chi connectivity index (χ1) is 19.8. The highest BCUT2D eigenvalue weighted by Gasteiger charge is 2.37. The molecular formula is C29H26FN5O5S. The standard InChI is InChI=1S/C29H26FN5O5S/c30-22-8-7-20(33-29(40)32-15-21-5-3-9-41-21)12-25(22)35-16-19(11-26(35)36)28(39)34-24(13-27(37)38)18-10-17-4-1-2-6-23(17)31-14-18/h1-10,12,14,19,24H,11,13,15-16H2,(H,34,39)(H,37,38)(H2,32,33,40). The number of fused-ring (bicyclic) bond motifs is 1. The molecule has 2 aromatic carbocycles. The third-order valence-electron chi connectivity index (χ3n) is 6.70. The molecule has 0 aliphatic carbocycles. The van der Waals surface area contributed by atoms with Crippen molar-refractivity contribution >= 4 is 57.4 Å². The Morgan fingerprint density at radius 3 is 2.73 bits per heavy atom. The maximum Gasteiger partial charge on any atom is 0.319 e. The van der Waals surface area contributed by atoms with E-state index in [1.807, 2.05) is 41.8 Å². The van der Waals surface area contributed by atoms with Gasteiger partial charge in [0.2, 0.25) is 11.8 Å². The molecule has 0 bridgehead atoms. The van der Waals surface area contributed by atoms with Gasteiger partial charge in [-0.1, -0.05) is 24.3 Å². The number of benzene rings is 2. The predicted molar refractivity (Wildman–Crippen MR) is 152 cm³/mol. The van der Waals surface area contributed by atoms with Crippen LogP contribution >= 0.6 is 11.3 Å². The predicted octanol–water partition coefficient (Wildman–Crippen LogP) is 4.44. The Morgan fingerprint density at radius 2 is 1.95 bits per heavy atom. The van der Waals surface area contributed by atoms with Crippen LogP contribution in [0.15, 0.2) is 72.2 Å². The van der Waals surface area contributed by atoms with E-state index < -0.39 is 41.6 Å². The van der Waals surface area contributed by atoms with E-state index in [2.05, 4.69) is 20.9 Å². The van der Waals surface area contributed by atoms with Gasteiger partial charge >= 0.3 is 12.0 Å². The molecule has 5 rings (SSSR count). The molecule has 1 aliphatic rings. The van der Waals surface area contributed by atoms with Gasteiger partial charge in [-0.25, -0.2) is 9.18 Å². The monoisotopic (exact) mass is 575 g/mol. The van der Waals surface area contributed by atoms with Gasteiger partial charge in [0.25, 0.3) is 0 Å². The summed E-state index contributed by atoms with van der Waals surface area (Å²) in [5.41, 5.74) is 1.45. The number of aromatic nitrogens is 1. The molecule has 3 heterocycles. The summed E-state index contributed by atoms with van der Waals surface area (Å²) in [6, 6.07) is 15.3. The van der Waals surface area contributed by atoms with Crippen molar-refractivity contribution in [2.45, 2.75) is 25.4 Å². The fourth-order valence-corrected chi connectivity index (χ4v) is 5.31. The molecule has 1 saturated heterocycles. The Hall–Kier alpha value is -4.84. The minimum Gasteiger partial charge on any atom is -0.481 e. The molecular weight excluding hydrogens is 549 g/mol. The number of nitrogens with one attached hydrogen (secondary N) is 3. The molecule has 4 N–H and O–H groups in total. The maximum absolute atomic E-state index is 14.8. The molecule has 1 aliphatic heterocycles. The van der Waals surface area contributed by atoms with Gasteiger partial charge in [-0.05, 0) is 47.3 Å². The third kappa shape index (κ3) is 6.67. The lowest BCUT2D eigenvalue weighted by Gasteiger charge is -2.21. The molecule has 2 unspecified atom stereocenters. The van der Waals surface area contributed by atoms with Crippen LogP contribution < -0.4 is 20.9 Å². The average Bonchev–Trinajstić information content (AvgIpc) is 3.62. The van der Waals surface area contributed by atoms with Gasteiger partial charge in [0.15, 0.2) is 0 Å². The van der Waals surface area contributed by atoms with Crippen LogP contribution in [0.5, 0.6) is 0 Å². The average molecular weight is 576 g/mol. The normalized spacial score (nSPS) is 15.5. The molecule has 41 heavy (non-hydrogen) atoms. The molecule has 4 amide bonds. The zero-order valence-electron chi connectivity index (χ0n) is 21.7. The van der Waals surface area contributed by atoms with E-state index in [0.717, 1.165) is 26.7 Å².